The van der Waals surface area contributed by atoms with Gasteiger partial charge in [-0.1, -0.05) is 0 Å². The third kappa shape index (κ3) is 3.07. The third-order valence-electron chi connectivity index (χ3n) is 4.86. The molecule has 0 spiro atoms. The molecule has 1 aliphatic heterocycles. The minimum Gasteiger partial charge on any atom is -0.496 e. The topological polar surface area (TPSA) is 58.6 Å². The van der Waals surface area contributed by atoms with Crippen LogP contribution in [0.4, 0.5) is 8.78 Å². The monoisotopic (exact) mass is 338 g/mol. The summed E-state index contributed by atoms with van der Waals surface area (Å²) in [5.41, 5.74) is -0.437. The fourth-order valence-corrected chi connectivity index (χ4v) is 3.40. The molecule has 5 nitrogen and oxygen atoms in total. The van der Waals surface area contributed by atoms with E-state index in [1.807, 2.05) is 0 Å². The first-order valence-corrected chi connectivity index (χ1v) is 8.00. The van der Waals surface area contributed by atoms with Crippen LogP contribution in [0, 0.1) is 23.5 Å². The van der Waals surface area contributed by atoms with Gasteiger partial charge in [0, 0.05) is 25.9 Å². The van der Waals surface area contributed by atoms with Gasteiger partial charge in [-0.15, -0.1) is 0 Å². The van der Waals surface area contributed by atoms with Crippen molar-refractivity contribution in [3.63, 3.8) is 0 Å². The summed E-state index contributed by atoms with van der Waals surface area (Å²) in [6, 6.07) is 1.88. The molecule has 1 aliphatic carbocycles. The summed E-state index contributed by atoms with van der Waals surface area (Å²) in [5.74, 6) is -2.49. The van der Waals surface area contributed by atoms with Crippen LogP contribution < -0.4 is 10.1 Å². The first-order valence-electron chi connectivity index (χ1n) is 8.00. The lowest BCUT2D eigenvalue weighted by molar-refractivity contribution is -0.128. The summed E-state index contributed by atoms with van der Waals surface area (Å²) < 4.78 is 32.5. The van der Waals surface area contributed by atoms with Crippen LogP contribution in [0.2, 0.25) is 0 Å². The van der Waals surface area contributed by atoms with Gasteiger partial charge in [-0.2, -0.15) is 0 Å². The summed E-state index contributed by atoms with van der Waals surface area (Å²) in [4.78, 5) is 25.8. The maximum Gasteiger partial charge on any atom is 0.258 e. The Morgan fingerprint density at radius 1 is 1.25 bits per heavy atom. The van der Waals surface area contributed by atoms with Crippen LogP contribution in [0.5, 0.6) is 5.75 Å². The number of benzene rings is 1. The van der Waals surface area contributed by atoms with Crippen molar-refractivity contribution in [2.24, 2.45) is 11.8 Å². The molecule has 130 valence electrons. The second-order valence-corrected chi connectivity index (χ2v) is 6.44. The Bertz CT molecular complexity index is 676. The number of likely N-dealkylation sites (tertiary alicyclic amines) is 1. The van der Waals surface area contributed by atoms with Gasteiger partial charge >= 0.3 is 0 Å². The van der Waals surface area contributed by atoms with Gasteiger partial charge in [-0.05, 0) is 30.9 Å². The van der Waals surface area contributed by atoms with Crippen molar-refractivity contribution in [2.45, 2.75) is 25.8 Å². The summed E-state index contributed by atoms with van der Waals surface area (Å²) >= 11 is 0. The van der Waals surface area contributed by atoms with Crippen LogP contribution in [0.15, 0.2) is 12.1 Å². The molecule has 24 heavy (non-hydrogen) atoms. The Morgan fingerprint density at radius 2 is 1.96 bits per heavy atom. The van der Waals surface area contributed by atoms with Gasteiger partial charge in [-0.3, -0.25) is 9.59 Å². The number of rotatable bonds is 4. The van der Waals surface area contributed by atoms with E-state index < -0.39 is 23.1 Å². The van der Waals surface area contributed by atoms with Crippen LogP contribution in [-0.2, 0) is 4.79 Å². The Morgan fingerprint density at radius 3 is 2.54 bits per heavy atom. The van der Waals surface area contributed by atoms with Crippen LogP contribution in [0.1, 0.15) is 30.1 Å². The molecular weight excluding hydrogens is 318 g/mol. The molecule has 7 heteroatoms. The Hall–Kier alpha value is -2.18. The first-order chi connectivity index (χ1) is 11.4. The number of hydrogen-bond donors (Lipinski definition) is 1. The van der Waals surface area contributed by atoms with Crippen molar-refractivity contribution in [1.29, 1.82) is 0 Å². The van der Waals surface area contributed by atoms with Crippen LogP contribution in [0.25, 0.3) is 0 Å². The molecule has 1 saturated carbocycles. The molecule has 0 bridgehead atoms. The number of hydrogen-bond acceptors (Lipinski definition) is 3. The number of carbonyl (C=O) groups excluding carboxylic acids is 2. The maximum absolute atomic E-state index is 14.1. The summed E-state index contributed by atoms with van der Waals surface area (Å²) in [6.07, 6.45) is 2.14. The van der Waals surface area contributed by atoms with Gasteiger partial charge < -0.3 is 15.0 Å². The van der Waals surface area contributed by atoms with Gasteiger partial charge in [0.15, 0.2) is 11.6 Å². The van der Waals surface area contributed by atoms with Crippen molar-refractivity contribution < 1.29 is 23.1 Å². The molecule has 2 atom stereocenters. The van der Waals surface area contributed by atoms with Crippen molar-refractivity contribution in [3.05, 3.63) is 29.3 Å². The zero-order valence-electron chi connectivity index (χ0n) is 13.6. The van der Waals surface area contributed by atoms with E-state index >= 15 is 0 Å². The van der Waals surface area contributed by atoms with E-state index in [1.54, 1.807) is 4.90 Å². The highest BCUT2D eigenvalue weighted by molar-refractivity contribution is 5.97. The predicted octanol–water partition coefficient (Wildman–Crippen LogP) is 1.96. The molecule has 1 aromatic rings. The van der Waals surface area contributed by atoms with Crippen molar-refractivity contribution in [1.82, 2.24) is 10.2 Å². The highest BCUT2D eigenvalue weighted by atomic mass is 19.2. The van der Waals surface area contributed by atoms with Crippen LogP contribution >= 0.6 is 0 Å². The van der Waals surface area contributed by atoms with E-state index in [1.165, 1.54) is 20.1 Å². The molecule has 0 radical (unpaired) electrons. The molecule has 3 rings (SSSR count). The second-order valence-electron chi connectivity index (χ2n) is 6.44. The number of carbonyl (C=O) groups is 2. The largest absolute Gasteiger partial charge is 0.496 e. The smallest absolute Gasteiger partial charge is 0.258 e. The minimum atomic E-state index is -1.23. The average Bonchev–Trinajstić information content (AvgIpc) is 3.30. The molecule has 2 aliphatic rings. The van der Waals surface area contributed by atoms with Gasteiger partial charge in [0.25, 0.3) is 5.91 Å². The van der Waals surface area contributed by atoms with Crippen LogP contribution in [-0.4, -0.2) is 43.0 Å². The van der Waals surface area contributed by atoms with E-state index in [0.29, 0.717) is 19.0 Å². The lowest BCUT2D eigenvalue weighted by Crippen LogP contribution is -2.42. The molecule has 1 saturated heterocycles. The lowest BCUT2D eigenvalue weighted by Gasteiger charge is -2.20. The third-order valence-corrected chi connectivity index (χ3v) is 4.86. The maximum atomic E-state index is 14.1. The zero-order chi connectivity index (χ0) is 17.4. The zero-order valence-corrected chi connectivity index (χ0v) is 13.6. The molecule has 1 aromatic carbocycles. The minimum absolute atomic E-state index is 0.0178. The highest BCUT2D eigenvalue weighted by Crippen LogP contribution is 2.41. The molecular formula is C17H20F2N2O3. The Balaban J connectivity index is 1.81. The number of nitrogens with zero attached hydrogens (tertiary/aromatic N) is 1. The van der Waals surface area contributed by atoms with Crippen molar-refractivity contribution in [2.75, 3.05) is 20.2 Å². The molecule has 0 unspecified atom stereocenters. The summed E-state index contributed by atoms with van der Waals surface area (Å²) in [6.45, 7) is 2.47. The van der Waals surface area contributed by atoms with Gasteiger partial charge in [0.2, 0.25) is 5.91 Å². The van der Waals surface area contributed by atoms with Crippen molar-refractivity contribution >= 4 is 11.8 Å². The molecule has 2 amide bonds. The SMILES string of the molecule is COc1ccc(F)c(F)c1C(=O)N[C@@H]1CN(C(C)=O)C[C@H]1C1CC1. The first kappa shape index (κ1) is 16.7. The normalized spacial score (nSPS) is 23.2. The second kappa shape index (κ2) is 6.37. The Labute approximate surface area is 139 Å². The fourth-order valence-electron chi connectivity index (χ4n) is 3.40. The Kier molecular flexibility index (Phi) is 4.43. The number of ether oxygens (including phenoxy) is 1. The molecule has 1 N–H and O–H groups in total. The van der Waals surface area contributed by atoms with Crippen molar-refractivity contribution in [3.8, 4) is 5.75 Å². The predicted molar refractivity (Wildman–Crippen MR) is 82.6 cm³/mol. The number of methoxy groups -OCH3 is 1. The quantitative estimate of drug-likeness (QED) is 0.913. The molecule has 1 heterocycles. The number of nitrogens with one attached hydrogen (secondary N) is 1. The highest BCUT2D eigenvalue weighted by Gasteiger charge is 2.44. The standard InChI is InChI=1S/C17H20F2N2O3/c1-9(22)21-7-11(10-3-4-10)13(8-21)20-17(23)15-14(24-2)6-5-12(18)16(15)19/h5-6,10-11,13H,3-4,7-8H2,1-2H3,(H,20,23)/t11-,13+/m0/s1. The van der Waals surface area contributed by atoms with E-state index in [2.05, 4.69) is 5.32 Å². The number of amides is 2. The average molecular weight is 338 g/mol. The van der Waals surface area contributed by atoms with Gasteiger partial charge in [0.05, 0.1) is 13.2 Å². The fraction of sp³-hybridized carbons (Fsp3) is 0.529. The van der Waals surface area contributed by atoms with Gasteiger partial charge in [0.1, 0.15) is 11.3 Å². The van der Waals surface area contributed by atoms with Crippen LogP contribution in [0.3, 0.4) is 0 Å². The lowest BCUT2D eigenvalue weighted by atomic mass is 9.97. The van der Waals surface area contributed by atoms with E-state index in [-0.39, 0.29) is 23.6 Å². The molecule has 0 aromatic heterocycles. The number of halogens is 2. The summed E-state index contributed by atoms with van der Waals surface area (Å²) in [7, 11) is 1.30. The summed E-state index contributed by atoms with van der Waals surface area (Å²) in [5, 5.41) is 2.77. The molecule has 2 fully saturated rings. The van der Waals surface area contributed by atoms with E-state index in [9.17, 15) is 18.4 Å². The van der Waals surface area contributed by atoms with E-state index in [4.69, 9.17) is 4.74 Å². The van der Waals surface area contributed by atoms with E-state index in [0.717, 1.165) is 18.9 Å². The van der Waals surface area contributed by atoms with Gasteiger partial charge in [-0.25, -0.2) is 8.78 Å².